The standard InChI is InChI=1S/C28H21NO2/c1-28(2)23-7-3-5-9-25(23)29(26-10-6-4-8-24(26)28)19-12-14-21-22-16-20(30)13-11-18(22)17-31-27(21)15-19/h3-17H,1-2H3. The van der Waals surface area contributed by atoms with E-state index in [1.807, 2.05) is 6.07 Å². The van der Waals surface area contributed by atoms with Crippen LogP contribution in [-0.4, -0.2) is 0 Å². The highest BCUT2D eigenvalue weighted by Crippen LogP contribution is 2.51. The second-order valence-electron chi connectivity index (χ2n) is 8.66. The van der Waals surface area contributed by atoms with Crippen LogP contribution in [0.5, 0.6) is 0 Å². The van der Waals surface area contributed by atoms with E-state index in [0.29, 0.717) is 0 Å². The third kappa shape index (κ3) is 2.56. The summed E-state index contributed by atoms with van der Waals surface area (Å²) in [5.41, 5.74) is 8.48. The smallest absolute Gasteiger partial charge is 0.179 e. The molecule has 2 heterocycles. The van der Waals surface area contributed by atoms with Crippen molar-refractivity contribution in [2.45, 2.75) is 19.3 Å². The van der Waals surface area contributed by atoms with Gasteiger partial charge in [-0.15, -0.1) is 0 Å². The molecule has 0 saturated carbocycles. The van der Waals surface area contributed by atoms with Crippen LogP contribution in [0, 0.1) is 0 Å². The lowest BCUT2D eigenvalue weighted by atomic mass is 9.73. The number of nitrogens with zero attached hydrogens (tertiary/aromatic N) is 1. The molecule has 3 nitrogen and oxygen atoms in total. The molecule has 0 atom stereocenters. The molecule has 1 aliphatic carbocycles. The summed E-state index contributed by atoms with van der Waals surface area (Å²) in [5, 5.41) is 0.942. The summed E-state index contributed by atoms with van der Waals surface area (Å²) in [6.07, 6.45) is 1.72. The largest absolute Gasteiger partial charge is 0.464 e. The van der Waals surface area contributed by atoms with E-state index in [9.17, 15) is 4.79 Å². The Morgan fingerprint density at radius 3 is 2.16 bits per heavy atom. The van der Waals surface area contributed by atoms with Gasteiger partial charge in [0.15, 0.2) is 5.43 Å². The van der Waals surface area contributed by atoms with Crippen LogP contribution in [0.3, 0.4) is 0 Å². The van der Waals surface area contributed by atoms with Crippen LogP contribution < -0.4 is 10.3 Å². The Kier molecular flexibility index (Phi) is 3.66. The van der Waals surface area contributed by atoms with E-state index in [1.54, 1.807) is 18.4 Å². The maximum Gasteiger partial charge on any atom is 0.179 e. The number of anilines is 3. The molecule has 0 saturated heterocycles. The zero-order chi connectivity index (χ0) is 21.2. The SMILES string of the molecule is CC1(C)c2ccccc2N(c2ccc3c4cc(=O)ccc-4coc3c2)c2ccccc21. The van der Waals surface area contributed by atoms with Gasteiger partial charge in [-0.05, 0) is 59.2 Å². The van der Waals surface area contributed by atoms with E-state index in [0.717, 1.165) is 27.8 Å². The summed E-state index contributed by atoms with van der Waals surface area (Å²) in [6, 6.07) is 28.5. The maximum atomic E-state index is 11.9. The lowest BCUT2D eigenvalue weighted by molar-refractivity contribution is 0.605. The second kappa shape index (κ2) is 6.32. The minimum Gasteiger partial charge on any atom is -0.464 e. The molecule has 0 radical (unpaired) electrons. The monoisotopic (exact) mass is 403 g/mol. The van der Waals surface area contributed by atoms with Crippen molar-refractivity contribution in [2.24, 2.45) is 0 Å². The molecule has 0 bridgehead atoms. The Bertz CT molecular complexity index is 1450. The van der Waals surface area contributed by atoms with Gasteiger partial charge in [0, 0.05) is 28.1 Å². The number of para-hydroxylation sites is 2. The van der Waals surface area contributed by atoms with Gasteiger partial charge in [0.1, 0.15) is 5.58 Å². The van der Waals surface area contributed by atoms with Crippen LogP contribution in [0.4, 0.5) is 17.1 Å². The van der Waals surface area contributed by atoms with Crippen molar-refractivity contribution >= 4 is 28.0 Å². The Hall–Kier alpha value is -3.85. The van der Waals surface area contributed by atoms with Gasteiger partial charge in [-0.1, -0.05) is 50.2 Å². The normalized spacial score (nSPS) is 14.5. The molecule has 150 valence electrons. The average Bonchev–Trinajstić information content (AvgIpc) is 2.79. The first-order valence-corrected chi connectivity index (χ1v) is 10.5. The van der Waals surface area contributed by atoms with Crippen molar-refractivity contribution in [3.8, 4) is 11.1 Å². The Balaban J connectivity index is 1.62. The Morgan fingerprint density at radius 2 is 1.45 bits per heavy atom. The van der Waals surface area contributed by atoms with E-state index in [1.165, 1.54) is 22.5 Å². The first-order valence-electron chi connectivity index (χ1n) is 10.5. The highest BCUT2D eigenvalue weighted by Gasteiger charge is 2.36. The summed E-state index contributed by atoms with van der Waals surface area (Å²) in [6.45, 7) is 4.56. The Labute approximate surface area is 180 Å². The molecular formula is C28H21NO2. The molecule has 3 aromatic rings. The third-order valence-electron chi connectivity index (χ3n) is 6.49. The van der Waals surface area contributed by atoms with Gasteiger partial charge < -0.3 is 9.32 Å². The van der Waals surface area contributed by atoms with E-state index >= 15 is 0 Å². The fraction of sp³-hybridized carbons (Fsp3) is 0.107. The number of fused-ring (bicyclic) bond motifs is 5. The molecule has 0 spiro atoms. The average molecular weight is 403 g/mol. The van der Waals surface area contributed by atoms with Gasteiger partial charge in [-0.25, -0.2) is 0 Å². The first-order chi connectivity index (χ1) is 15.0. The minimum atomic E-state index is -0.0916. The quantitative estimate of drug-likeness (QED) is 0.282. The van der Waals surface area contributed by atoms with Gasteiger partial charge in [-0.2, -0.15) is 0 Å². The van der Waals surface area contributed by atoms with Crippen molar-refractivity contribution in [1.29, 1.82) is 0 Å². The minimum absolute atomic E-state index is 0.00481. The van der Waals surface area contributed by atoms with E-state index in [2.05, 4.69) is 85.5 Å². The number of benzene rings is 4. The van der Waals surface area contributed by atoms with Crippen LogP contribution >= 0.6 is 0 Å². The maximum absolute atomic E-state index is 11.9. The lowest BCUT2D eigenvalue weighted by Gasteiger charge is -2.42. The van der Waals surface area contributed by atoms with Crippen LogP contribution in [0.15, 0.2) is 100 Å². The van der Waals surface area contributed by atoms with Crippen LogP contribution in [0.25, 0.3) is 22.1 Å². The fourth-order valence-corrected chi connectivity index (χ4v) is 4.92. The molecule has 31 heavy (non-hydrogen) atoms. The van der Waals surface area contributed by atoms with E-state index in [-0.39, 0.29) is 10.8 Å². The third-order valence-corrected chi connectivity index (χ3v) is 6.49. The Morgan fingerprint density at radius 1 is 0.774 bits per heavy atom. The zero-order valence-electron chi connectivity index (χ0n) is 17.4. The zero-order valence-corrected chi connectivity index (χ0v) is 17.4. The van der Waals surface area contributed by atoms with Crippen LogP contribution in [0.2, 0.25) is 0 Å². The van der Waals surface area contributed by atoms with Crippen molar-refractivity contribution in [1.82, 2.24) is 0 Å². The first kappa shape index (κ1) is 18.0. The number of rotatable bonds is 1. The molecule has 0 fully saturated rings. The summed E-state index contributed by atoms with van der Waals surface area (Å²) < 4.78 is 5.98. The lowest BCUT2D eigenvalue weighted by Crippen LogP contribution is -2.30. The highest BCUT2D eigenvalue weighted by molar-refractivity contribution is 5.97. The van der Waals surface area contributed by atoms with Gasteiger partial charge in [0.2, 0.25) is 0 Å². The van der Waals surface area contributed by atoms with Crippen molar-refractivity contribution in [3.63, 3.8) is 0 Å². The summed E-state index contributed by atoms with van der Waals surface area (Å²) in [7, 11) is 0. The fourth-order valence-electron chi connectivity index (χ4n) is 4.92. The number of hydrogen-bond donors (Lipinski definition) is 0. The van der Waals surface area contributed by atoms with Crippen molar-refractivity contribution in [3.05, 3.63) is 113 Å². The molecule has 0 N–H and O–H groups in total. The molecule has 3 heteroatoms. The summed E-state index contributed by atoms with van der Waals surface area (Å²) in [5.74, 6) is 0. The molecule has 0 aromatic heterocycles. The van der Waals surface area contributed by atoms with Gasteiger partial charge in [-0.3, -0.25) is 4.79 Å². The van der Waals surface area contributed by atoms with E-state index in [4.69, 9.17) is 4.42 Å². The molecule has 0 amide bonds. The van der Waals surface area contributed by atoms with Gasteiger partial charge in [0.05, 0.1) is 17.6 Å². The van der Waals surface area contributed by atoms with Gasteiger partial charge >= 0.3 is 0 Å². The molecule has 0 unspecified atom stereocenters. The van der Waals surface area contributed by atoms with Crippen LogP contribution in [-0.2, 0) is 5.41 Å². The molecule has 6 rings (SSSR count). The molecular weight excluding hydrogens is 382 g/mol. The predicted octanol–water partition coefficient (Wildman–Crippen LogP) is 7.01. The molecule has 3 aliphatic rings. The van der Waals surface area contributed by atoms with Gasteiger partial charge in [0.25, 0.3) is 0 Å². The van der Waals surface area contributed by atoms with Crippen LogP contribution in [0.1, 0.15) is 25.0 Å². The predicted molar refractivity (Wildman–Crippen MR) is 126 cm³/mol. The van der Waals surface area contributed by atoms with E-state index < -0.39 is 0 Å². The molecule has 3 aromatic carbocycles. The van der Waals surface area contributed by atoms with Crippen molar-refractivity contribution in [2.75, 3.05) is 4.90 Å². The summed E-state index contributed by atoms with van der Waals surface area (Å²) >= 11 is 0. The van der Waals surface area contributed by atoms with Crippen molar-refractivity contribution < 1.29 is 4.42 Å². The number of hydrogen-bond acceptors (Lipinski definition) is 3. The second-order valence-corrected chi connectivity index (χ2v) is 8.66. The summed E-state index contributed by atoms with van der Waals surface area (Å²) in [4.78, 5) is 14.2. The molecule has 2 aliphatic heterocycles. The highest BCUT2D eigenvalue weighted by atomic mass is 16.3. The topological polar surface area (TPSA) is 33.5 Å².